The second-order valence-electron chi connectivity index (χ2n) is 7.91. The zero-order valence-electron chi connectivity index (χ0n) is 13.2. The predicted octanol–water partition coefficient (Wildman–Crippen LogP) is 4.94. The van der Waals surface area contributed by atoms with E-state index < -0.39 is 0 Å². The smallest absolute Gasteiger partial charge is 0.0294 e. The molecule has 0 bridgehead atoms. The van der Waals surface area contributed by atoms with Gasteiger partial charge in [0.05, 0.1) is 0 Å². The zero-order chi connectivity index (χ0) is 14.1. The third kappa shape index (κ3) is 4.07. The van der Waals surface area contributed by atoms with Crippen molar-refractivity contribution in [1.29, 1.82) is 0 Å². The molecule has 0 radical (unpaired) electrons. The predicted molar refractivity (Wildman–Crippen MR) is 83.2 cm³/mol. The molecule has 0 heterocycles. The lowest BCUT2D eigenvalue weighted by atomic mass is 9.63. The van der Waals surface area contributed by atoms with Gasteiger partial charge in [-0.3, -0.25) is 0 Å². The SMILES string of the molecule is C[C@@H](NC1CC(C)(C)CC(C)(C)C1)c1ccccc1. The molecular weight excluding hydrogens is 230 g/mol. The Bertz CT molecular complexity index is 389. The number of rotatable bonds is 3. The molecule has 0 aromatic heterocycles. The molecule has 0 aliphatic heterocycles. The molecule has 1 atom stereocenters. The summed E-state index contributed by atoms with van der Waals surface area (Å²) in [5, 5.41) is 3.85. The highest BCUT2D eigenvalue weighted by Crippen LogP contribution is 2.46. The van der Waals surface area contributed by atoms with Crippen molar-refractivity contribution >= 4 is 0 Å². The van der Waals surface area contributed by atoms with Crippen LogP contribution < -0.4 is 5.32 Å². The molecule has 1 aromatic rings. The Morgan fingerprint density at radius 3 is 2.05 bits per heavy atom. The molecule has 1 fully saturated rings. The van der Waals surface area contributed by atoms with E-state index >= 15 is 0 Å². The maximum absolute atomic E-state index is 3.85. The summed E-state index contributed by atoms with van der Waals surface area (Å²) in [6, 6.07) is 11.9. The van der Waals surface area contributed by atoms with Crippen LogP contribution in [0.4, 0.5) is 0 Å². The quantitative estimate of drug-likeness (QED) is 0.810. The highest BCUT2D eigenvalue weighted by atomic mass is 15.0. The average Bonchev–Trinajstić information content (AvgIpc) is 2.25. The van der Waals surface area contributed by atoms with Crippen molar-refractivity contribution in [3.63, 3.8) is 0 Å². The summed E-state index contributed by atoms with van der Waals surface area (Å²) in [5.41, 5.74) is 2.30. The molecule has 1 aliphatic rings. The van der Waals surface area contributed by atoms with Crippen molar-refractivity contribution in [2.75, 3.05) is 0 Å². The standard InChI is InChI=1S/C18H29N/c1-14(15-9-7-6-8-10-15)19-16-11-17(2,3)13-18(4,5)12-16/h6-10,14,16,19H,11-13H2,1-5H3/t14-/m1/s1. The first kappa shape index (κ1) is 14.6. The Hall–Kier alpha value is -0.820. The third-order valence-corrected chi connectivity index (χ3v) is 4.34. The van der Waals surface area contributed by atoms with Crippen LogP contribution in [0.3, 0.4) is 0 Å². The molecule has 0 unspecified atom stereocenters. The van der Waals surface area contributed by atoms with Crippen LogP contribution in [0.25, 0.3) is 0 Å². The topological polar surface area (TPSA) is 12.0 Å². The second kappa shape index (κ2) is 5.28. The Labute approximate surface area is 118 Å². The molecule has 1 heteroatoms. The summed E-state index contributed by atoms with van der Waals surface area (Å²) in [4.78, 5) is 0. The maximum atomic E-state index is 3.85. The third-order valence-electron chi connectivity index (χ3n) is 4.34. The summed E-state index contributed by atoms with van der Waals surface area (Å²) < 4.78 is 0. The molecule has 1 aliphatic carbocycles. The Balaban J connectivity index is 2.03. The fraction of sp³-hybridized carbons (Fsp3) is 0.667. The van der Waals surface area contributed by atoms with Crippen LogP contribution in [0.5, 0.6) is 0 Å². The van der Waals surface area contributed by atoms with Crippen LogP contribution in [0.15, 0.2) is 30.3 Å². The number of nitrogens with one attached hydrogen (secondary N) is 1. The maximum Gasteiger partial charge on any atom is 0.0294 e. The van der Waals surface area contributed by atoms with Gasteiger partial charge in [-0.25, -0.2) is 0 Å². The second-order valence-corrected chi connectivity index (χ2v) is 7.91. The average molecular weight is 259 g/mol. The normalized spacial score (nSPS) is 24.1. The van der Waals surface area contributed by atoms with Gasteiger partial charge in [-0.05, 0) is 42.6 Å². The minimum Gasteiger partial charge on any atom is -0.307 e. The Kier molecular flexibility index (Phi) is 4.06. The van der Waals surface area contributed by atoms with E-state index in [0.717, 1.165) is 0 Å². The van der Waals surface area contributed by atoms with Gasteiger partial charge in [0.25, 0.3) is 0 Å². The summed E-state index contributed by atoms with van der Waals surface area (Å²) in [6.45, 7) is 11.9. The van der Waals surface area contributed by atoms with Crippen LogP contribution in [-0.2, 0) is 0 Å². The Morgan fingerprint density at radius 2 is 1.53 bits per heavy atom. The molecule has 1 aromatic carbocycles. The van der Waals surface area contributed by atoms with E-state index in [4.69, 9.17) is 0 Å². The molecule has 2 rings (SSSR count). The number of hydrogen-bond acceptors (Lipinski definition) is 1. The first-order valence-corrected chi connectivity index (χ1v) is 7.58. The lowest BCUT2D eigenvalue weighted by molar-refractivity contribution is 0.0811. The van der Waals surface area contributed by atoms with Crippen LogP contribution in [-0.4, -0.2) is 6.04 Å². The van der Waals surface area contributed by atoms with Gasteiger partial charge in [-0.1, -0.05) is 58.0 Å². The summed E-state index contributed by atoms with van der Waals surface area (Å²) >= 11 is 0. The van der Waals surface area contributed by atoms with Crippen LogP contribution >= 0.6 is 0 Å². The molecule has 1 N–H and O–H groups in total. The lowest BCUT2D eigenvalue weighted by Crippen LogP contribution is -2.44. The summed E-state index contributed by atoms with van der Waals surface area (Å²) in [6.07, 6.45) is 3.90. The van der Waals surface area contributed by atoms with Crippen molar-refractivity contribution in [2.45, 2.75) is 66.0 Å². The van der Waals surface area contributed by atoms with Gasteiger partial charge in [-0.2, -0.15) is 0 Å². The van der Waals surface area contributed by atoms with E-state index in [9.17, 15) is 0 Å². The van der Waals surface area contributed by atoms with E-state index in [2.05, 4.69) is 70.3 Å². The zero-order valence-corrected chi connectivity index (χ0v) is 13.2. The molecule has 19 heavy (non-hydrogen) atoms. The van der Waals surface area contributed by atoms with Gasteiger partial charge in [0, 0.05) is 12.1 Å². The summed E-state index contributed by atoms with van der Waals surface area (Å²) in [5.74, 6) is 0. The van der Waals surface area contributed by atoms with Gasteiger partial charge in [0.15, 0.2) is 0 Å². The first-order chi connectivity index (χ1) is 8.77. The van der Waals surface area contributed by atoms with Crippen molar-refractivity contribution in [3.05, 3.63) is 35.9 Å². The van der Waals surface area contributed by atoms with Gasteiger partial charge >= 0.3 is 0 Å². The molecule has 0 amide bonds. The number of hydrogen-bond donors (Lipinski definition) is 1. The van der Waals surface area contributed by atoms with Crippen molar-refractivity contribution < 1.29 is 0 Å². The van der Waals surface area contributed by atoms with E-state index in [1.54, 1.807) is 0 Å². The van der Waals surface area contributed by atoms with Crippen molar-refractivity contribution in [1.82, 2.24) is 5.32 Å². The van der Waals surface area contributed by atoms with E-state index in [1.807, 2.05) is 0 Å². The minimum absolute atomic E-state index is 0.441. The lowest BCUT2D eigenvalue weighted by Gasteiger charge is -2.46. The molecule has 106 valence electrons. The monoisotopic (exact) mass is 259 g/mol. The van der Waals surface area contributed by atoms with Crippen LogP contribution in [0.2, 0.25) is 0 Å². The van der Waals surface area contributed by atoms with Crippen molar-refractivity contribution in [3.8, 4) is 0 Å². The highest BCUT2D eigenvalue weighted by molar-refractivity contribution is 5.18. The van der Waals surface area contributed by atoms with Crippen LogP contribution in [0, 0.1) is 10.8 Å². The van der Waals surface area contributed by atoms with Crippen LogP contribution in [0.1, 0.15) is 65.5 Å². The number of benzene rings is 1. The van der Waals surface area contributed by atoms with Crippen molar-refractivity contribution in [2.24, 2.45) is 10.8 Å². The molecule has 0 spiro atoms. The van der Waals surface area contributed by atoms with Gasteiger partial charge in [0.1, 0.15) is 0 Å². The summed E-state index contributed by atoms with van der Waals surface area (Å²) in [7, 11) is 0. The largest absolute Gasteiger partial charge is 0.307 e. The Morgan fingerprint density at radius 1 is 1.00 bits per heavy atom. The molecule has 0 saturated heterocycles. The molecule has 1 saturated carbocycles. The molecule has 1 nitrogen and oxygen atoms in total. The van der Waals surface area contributed by atoms with E-state index in [0.29, 0.717) is 22.9 Å². The fourth-order valence-electron chi connectivity index (χ4n) is 4.16. The minimum atomic E-state index is 0.441. The van der Waals surface area contributed by atoms with E-state index in [-0.39, 0.29) is 0 Å². The molecular formula is C18H29N. The van der Waals surface area contributed by atoms with Gasteiger partial charge < -0.3 is 5.32 Å². The highest BCUT2D eigenvalue weighted by Gasteiger charge is 2.38. The van der Waals surface area contributed by atoms with Gasteiger partial charge in [-0.15, -0.1) is 0 Å². The van der Waals surface area contributed by atoms with Gasteiger partial charge in [0.2, 0.25) is 0 Å². The van der Waals surface area contributed by atoms with E-state index in [1.165, 1.54) is 24.8 Å². The fourth-order valence-corrected chi connectivity index (χ4v) is 4.16. The first-order valence-electron chi connectivity index (χ1n) is 7.58.